The van der Waals surface area contributed by atoms with E-state index in [2.05, 4.69) is 28.0 Å². The first kappa shape index (κ1) is 34.5. The number of amides is 1. The Bertz CT molecular complexity index is 1150. The van der Waals surface area contributed by atoms with E-state index in [1.54, 1.807) is 18.9 Å². The largest absolute Gasteiger partial charge is 0.480 e. The molecule has 1 saturated carbocycles. The highest BCUT2D eigenvalue weighted by Gasteiger charge is 2.33. The number of carboxylic acids is 1. The predicted octanol–water partition coefficient (Wildman–Crippen LogP) is 7.14. The van der Waals surface area contributed by atoms with Crippen LogP contribution in [0.4, 0.5) is 0 Å². The van der Waals surface area contributed by atoms with Crippen LogP contribution in [0.2, 0.25) is 0 Å². The minimum Gasteiger partial charge on any atom is -0.480 e. The molecule has 2 aromatic rings. The van der Waals surface area contributed by atoms with E-state index in [4.69, 9.17) is 4.74 Å². The fourth-order valence-corrected chi connectivity index (χ4v) is 8.20. The van der Waals surface area contributed by atoms with Gasteiger partial charge < -0.3 is 15.2 Å². The molecule has 1 heterocycles. The first-order valence-electron chi connectivity index (χ1n) is 15.0. The van der Waals surface area contributed by atoms with Gasteiger partial charge in [-0.1, -0.05) is 57.0 Å². The number of carboxylic acid groups (broad SMARTS) is 1. The summed E-state index contributed by atoms with van der Waals surface area (Å²) in [5, 5.41) is 13.1. The molecule has 0 unspecified atom stereocenters. The third-order valence-electron chi connectivity index (χ3n) is 8.50. The molecule has 232 valence electrons. The maximum absolute atomic E-state index is 13.5. The van der Waals surface area contributed by atoms with Crippen LogP contribution < -0.4 is 5.32 Å². The van der Waals surface area contributed by atoms with Gasteiger partial charge in [-0.05, 0) is 90.7 Å². The summed E-state index contributed by atoms with van der Waals surface area (Å²) in [6.07, 6.45) is 10.4. The quantitative estimate of drug-likeness (QED) is 0.234. The Balaban J connectivity index is 0.00000484. The zero-order chi connectivity index (χ0) is 29.2. The van der Waals surface area contributed by atoms with Crippen molar-refractivity contribution in [1.29, 1.82) is 0 Å². The standard InChI is InChI=1S/C33H46N2O4S2.CH4/c1-23-9-7-8-12-28(23)30-17-25(13-14-29(30)32(36)34-31(33(37)38)15-16-40-3)19-35-20-27(18-26(35)21-39-2)41-22-24-10-5-4-6-11-24;/h7-9,12-14,17,24,26-27,31H,4-6,10-11,15-16,18-22H2,1-3H3,(H,34,36)(H,37,38);1H4/t26-,27-,31+;/m1./s1. The number of carbonyl (C=O) groups excluding carboxylic acids is 1. The minimum absolute atomic E-state index is 0. The summed E-state index contributed by atoms with van der Waals surface area (Å²) in [6.45, 7) is 4.60. The maximum atomic E-state index is 13.5. The topological polar surface area (TPSA) is 78.9 Å². The molecule has 1 saturated heterocycles. The molecule has 8 heteroatoms. The van der Waals surface area contributed by atoms with Gasteiger partial charge in [0.05, 0.1) is 6.61 Å². The van der Waals surface area contributed by atoms with Gasteiger partial charge in [0.25, 0.3) is 5.91 Å². The lowest BCUT2D eigenvalue weighted by molar-refractivity contribution is -0.139. The molecule has 2 fully saturated rings. The van der Waals surface area contributed by atoms with E-state index in [-0.39, 0.29) is 13.3 Å². The van der Waals surface area contributed by atoms with Gasteiger partial charge in [0.1, 0.15) is 6.04 Å². The van der Waals surface area contributed by atoms with Crippen LogP contribution in [-0.4, -0.2) is 77.2 Å². The van der Waals surface area contributed by atoms with Crippen LogP contribution in [-0.2, 0) is 16.1 Å². The van der Waals surface area contributed by atoms with Gasteiger partial charge in [0.15, 0.2) is 0 Å². The fraction of sp³-hybridized carbons (Fsp3) is 0.588. The van der Waals surface area contributed by atoms with E-state index in [1.165, 1.54) is 37.9 Å². The van der Waals surface area contributed by atoms with Gasteiger partial charge in [-0.25, -0.2) is 4.79 Å². The number of likely N-dealkylation sites (tertiary alicyclic amines) is 1. The van der Waals surface area contributed by atoms with Gasteiger partial charge in [-0.15, -0.1) is 0 Å². The van der Waals surface area contributed by atoms with Crippen molar-refractivity contribution < 1.29 is 19.4 Å². The van der Waals surface area contributed by atoms with Gasteiger partial charge in [0, 0.05) is 37.1 Å². The lowest BCUT2D eigenvalue weighted by Crippen LogP contribution is -2.41. The van der Waals surface area contributed by atoms with Crippen molar-refractivity contribution in [2.75, 3.05) is 38.0 Å². The number of aryl methyl sites for hydroxylation is 1. The average molecular weight is 615 g/mol. The van der Waals surface area contributed by atoms with Crippen molar-refractivity contribution in [3.8, 4) is 11.1 Å². The lowest BCUT2D eigenvalue weighted by atomic mass is 9.91. The molecular formula is C34H50N2O4S2. The molecule has 2 aliphatic rings. The Kier molecular flexibility index (Phi) is 14.2. The summed E-state index contributed by atoms with van der Waals surface area (Å²) in [5.74, 6) is 1.46. The molecule has 42 heavy (non-hydrogen) atoms. The second kappa shape index (κ2) is 17.3. The van der Waals surface area contributed by atoms with E-state index < -0.39 is 12.0 Å². The summed E-state index contributed by atoms with van der Waals surface area (Å²) < 4.78 is 5.63. The van der Waals surface area contributed by atoms with Crippen LogP contribution in [0.3, 0.4) is 0 Å². The predicted molar refractivity (Wildman–Crippen MR) is 179 cm³/mol. The van der Waals surface area contributed by atoms with E-state index >= 15 is 0 Å². The molecule has 1 aliphatic heterocycles. The van der Waals surface area contributed by atoms with Crippen LogP contribution >= 0.6 is 23.5 Å². The molecule has 0 aromatic heterocycles. The van der Waals surface area contributed by atoms with Crippen molar-refractivity contribution in [3.63, 3.8) is 0 Å². The number of benzene rings is 2. The van der Waals surface area contributed by atoms with Crippen molar-refractivity contribution in [3.05, 3.63) is 59.2 Å². The number of hydrogen-bond acceptors (Lipinski definition) is 6. The van der Waals surface area contributed by atoms with Crippen LogP contribution in [0.1, 0.15) is 73.9 Å². The van der Waals surface area contributed by atoms with E-state index in [1.807, 2.05) is 49.6 Å². The zero-order valence-electron chi connectivity index (χ0n) is 24.8. The number of hydrogen-bond donors (Lipinski definition) is 2. The summed E-state index contributed by atoms with van der Waals surface area (Å²) in [5.41, 5.74) is 4.57. The molecule has 2 N–H and O–H groups in total. The van der Waals surface area contributed by atoms with Crippen LogP contribution in [0.25, 0.3) is 11.1 Å². The van der Waals surface area contributed by atoms with Crippen molar-refractivity contribution in [1.82, 2.24) is 10.2 Å². The Hall–Kier alpha value is -2.00. The number of thioether (sulfide) groups is 2. The molecule has 6 nitrogen and oxygen atoms in total. The highest BCUT2D eigenvalue weighted by molar-refractivity contribution is 8.00. The summed E-state index contributed by atoms with van der Waals surface area (Å²) >= 11 is 3.73. The molecular weight excluding hydrogens is 565 g/mol. The van der Waals surface area contributed by atoms with Crippen LogP contribution in [0.5, 0.6) is 0 Å². The van der Waals surface area contributed by atoms with E-state index in [0.29, 0.717) is 29.0 Å². The number of rotatable bonds is 14. The molecule has 3 atom stereocenters. The van der Waals surface area contributed by atoms with E-state index in [0.717, 1.165) is 54.3 Å². The van der Waals surface area contributed by atoms with Crippen LogP contribution in [0.15, 0.2) is 42.5 Å². The smallest absolute Gasteiger partial charge is 0.326 e. The summed E-state index contributed by atoms with van der Waals surface area (Å²) in [4.78, 5) is 27.8. The monoisotopic (exact) mass is 614 g/mol. The van der Waals surface area contributed by atoms with Gasteiger partial charge in [0.2, 0.25) is 0 Å². The number of aliphatic carboxylic acids is 1. The fourth-order valence-electron chi connectivity index (χ4n) is 6.19. The van der Waals surface area contributed by atoms with E-state index in [9.17, 15) is 14.7 Å². The second-order valence-electron chi connectivity index (χ2n) is 11.6. The van der Waals surface area contributed by atoms with Crippen LogP contribution in [0, 0.1) is 12.8 Å². The summed E-state index contributed by atoms with van der Waals surface area (Å²) in [7, 11) is 1.79. The molecule has 1 amide bonds. The third-order valence-corrected chi connectivity index (χ3v) is 10.6. The molecule has 4 rings (SSSR count). The first-order valence-corrected chi connectivity index (χ1v) is 17.4. The highest BCUT2D eigenvalue weighted by Crippen LogP contribution is 2.35. The zero-order valence-corrected chi connectivity index (χ0v) is 26.4. The molecule has 0 bridgehead atoms. The minimum atomic E-state index is -1.00. The molecule has 2 aromatic carbocycles. The summed E-state index contributed by atoms with van der Waals surface area (Å²) in [6, 6.07) is 13.6. The average Bonchev–Trinajstić information content (AvgIpc) is 3.35. The normalized spacial score (nSPS) is 20.2. The SMILES string of the molecule is C.COC[C@H]1C[C@@H](SCC2CCCCC2)CN1Cc1ccc(C(=O)N[C@@H](CCSC)C(=O)O)c(-c2ccccc2C)c1. The number of methoxy groups -OCH3 is 1. The maximum Gasteiger partial charge on any atom is 0.326 e. The third kappa shape index (κ3) is 9.50. The highest BCUT2D eigenvalue weighted by atomic mass is 32.2. The number of nitrogens with one attached hydrogen (secondary N) is 1. The molecule has 0 radical (unpaired) electrons. The Morgan fingerprint density at radius 1 is 1.12 bits per heavy atom. The number of ether oxygens (including phenoxy) is 1. The molecule has 0 spiro atoms. The van der Waals surface area contributed by atoms with Crippen molar-refractivity contribution in [2.24, 2.45) is 5.92 Å². The second-order valence-corrected chi connectivity index (χ2v) is 13.9. The number of carbonyl (C=O) groups is 2. The van der Waals surface area contributed by atoms with Gasteiger partial charge >= 0.3 is 5.97 Å². The number of nitrogens with zero attached hydrogens (tertiary/aromatic N) is 1. The van der Waals surface area contributed by atoms with Crippen molar-refractivity contribution >= 4 is 35.4 Å². The Labute approximate surface area is 261 Å². The van der Waals surface area contributed by atoms with Gasteiger partial charge in [-0.3, -0.25) is 9.69 Å². The Morgan fingerprint density at radius 2 is 1.88 bits per heavy atom. The van der Waals surface area contributed by atoms with Crippen molar-refractivity contribution in [2.45, 2.75) is 83.2 Å². The van der Waals surface area contributed by atoms with Gasteiger partial charge in [-0.2, -0.15) is 23.5 Å². The molecule has 1 aliphatic carbocycles. The Morgan fingerprint density at radius 3 is 2.57 bits per heavy atom. The lowest BCUT2D eigenvalue weighted by Gasteiger charge is -2.25. The first-order chi connectivity index (χ1) is 19.9.